The van der Waals surface area contributed by atoms with Crippen molar-refractivity contribution in [3.05, 3.63) is 0 Å². The van der Waals surface area contributed by atoms with Gasteiger partial charge >= 0.3 is 38.4 Å². The quantitative estimate of drug-likeness (QED) is 0.223. The molecular formula is H5AsO7S. The summed E-state index contributed by atoms with van der Waals surface area (Å²) in [6.45, 7) is 0. The molecular weight excluding hydrogens is 219 g/mol. The van der Waals surface area contributed by atoms with E-state index in [4.69, 9.17) is 29.8 Å². The number of hydrogen-bond donors (Lipinski definition) is 5. The first-order valence-corrected chi connectivity index (χ1v) is 5.21. The predicted molar refractivity (Wildman–Crippen MR) is 26.6 cm³/mol. The van der Waals surface area contributed by atoms with E-state index >= 15 is 0 Å². The first kappa shape index (κ1) is 12.0. The zero-order valence-corrected chi connectivity index (χ0v) is 6.60. The summed E-state index contributed by atoms with van der Waals surface area (Å²) in [5.74, 6) is 0. The molecule has 0 atom stereocenters. The van der Waals surface area contributed by atoms with Crippen LogP contribution in [0.4, 0.5) is 0 Å². The summed E-state index contributed by atoms with van der Waals surface area (Å²) in [7, 11) is -4.67. The Hall–Kier alpha value is 0.308. The minimum absolute atomic E-state index is 3.19. The van der Waals surface area contributed by atoms with Gasteiger partial charge in [-0.1, -0.05) is 0 Å². The SMILES string of the molecule is O=S(=O)(O)O.O[As](O)O. The summed E-state index contributed by atoms with van der Waals surface area (Å²) in [6, 6.07) is 0. The topological polar surface area (TPSA) is 135 Å². The van der Waals surface area contributed by atoms with Gasteiger partial charge in [-0.3, -0.25) is 9.11 Å². The van der Waals surface area contributed by atoms with Gasteiger partial charge in [0, 0.05) is 0 Å². The average Bonchev–Trinajstić information content (AvgIpc) is 1.19. The molecule has 0 saturated carbocycles. The molecule has 0 spiro atoms. The molecule has 0 heterocycles. The molecule has 0 fully saturated rings. The monoisotopic (exact) mass is 224 g/mol. The van der Waals surface area contributed by atoms with E-state index in [1.165, 1.54) is 0 Å². The van der Waals surface area contributed by atoms with E-state index in [2.05, 4.69) is 0 Å². The van der Waals surface area contributed by atoms with E-state index in [0.29, 0.717) is 0 Å². The van der Waals surface area contributed by atoms with E-state index in [9.17, 15) is 0 Å². The van der Waals surface area contributed by atoms with Crippen LogP contribution in [0.1, 0.15) is 0 Å². The summed E-state index contributed by atoms with van der Waals surface area (Å²) in [5.41, 5.74) is 0. The van der Waals surface area contributed by atoms with Crippen molar-refractivity contribution < 1.29 is 29.8 Å². The van der Waals surface area contributed by atoms with Crippen molar-refractivity contribution in [2.75, 3.05) is 0 Å². The molecule has 0 aromatic carbocycles. The second kappa shape index (κ2) is 5.12. The second-order valence-electron chi connectivity index (χ2n) is 0.716. The predicted octanol–water partition coefficient (Wildman–Crippen LogP) is -2.70. The summed E-state index contributed by atoms with van der Waals surface area (Å²) in [6.07, 6.45) is 0. The third-order valence-electron chi connectivity index (χ3n) is 0. The fourth-order valence-electron chi connectivity index (χ4n) is 0. The Balaban J connectivity index is 0. The van der Waals surface area contributed by atoms with Gasteiger partial charge in [0.05, 0.1) is 0 Å². The van der Waals surface area contributed by atoms with Gasteiger partial charge < -0.3 is 0 Å². The normalized spacial score (nSPS) is 10.4. The van der Waals surface area contributed by atoms with E-state index in [-0.39, 0.29) is 0 Å². The van der Waals surface area contributed by atoms with Crippen molar-refractivity contribution in [1.82, 2.24) is 0 Å². The zero-order chi connectivity index (χ0) is 8.08. The van der Waals surface area contributed by atoms with Crippen LogP contribution in [0, 0.1) is 0 Å². The molecule has 9 heteroatoms. The van der Waals surface area contributed by atoms with Gasteiger partial charge in [-0.2, -0.15) is 8.42 Å². The molecule has 5 N–H and O–H groups in total. The fraction of sp³-hybridized carbons (Fsp3) is 0. The summed E-state index contributed by atoms with van der Waals surface area (Å²) in [5, 5.41) is 0. The first-order chi connectivity index (χ1) is 3.73. The van der Waals surface area contributed by atoms with Crippen molar-refractivity contribution in [2.24, 2.45) is 0 Å². The van der Waals surface area contributed by atoms with Crippen LogP contribution in [0.2, 0.25) is 0 Å². The van der Waals surface area contributed by atoms with Gasteiger partial charge in [-0.25, -0.2) is 0 Å². The van der Waals surface area contributed by atoms with Crippen molar-refractivity contribution in [2.45, 2.75) is 0 Å². The third kappa shape index (κ3) is 3480. The van der Waals surface area contributed by atoms with Crippen LogP contribution in [0.5, 0.6) is 0 Å². The molecule has 0 amide bonds. The minimum atomic E-state index is -4.67. The second-order valence-corrected chi connectivity index (χ2v) is 2.74. The Morgan fingerprint density at radius 3 is 1.00 bits per heavy atom. The fourth-order valence-corrected chi connectivity index (χ4v) is 0. The molecule has 0 radical (unpaired) electrons. The molecule has 0 aliphatic carbocycles. The molecule has 0 aromatic rings. The molecule has 0 aromatic heterocycles. The molecule has 0 bridgehead atoms. The summed E-state index contributed by atoms with van der Waals surface area (Å²) < 4.78 is 53.5. The van der Waals surface area contributed by atoms with Crippen LogP contribution in [0.15, 0.2) is 0 Å². The van der Waals surface area contributed by atoms with Crippen LogP contribution in [-0.4, -0.2) is 45.5 Å². The van der Waals surface area contributed by atoms with Gasteiger partial charge in [0.2, 0.25) is 0 Å². The van der Waals surface area contributed by atoms with Gasteiger partial charge in [0.25, 0.3) is 0 Å². The van der Waals surface area contributed by atoms with E-state index in [1.54, 1.807) is 0 Å². The van der Waals surface area contributed by atoms with Crippen LogP contribution >= 0.6 is 0 Å². The molecule has 0 rings (SSSR count). The number of hydrogen-bond acceptors (Lipinski definition) is 5. The van der Waals surface area contributed by atoms with Crippen molar-refractivity contribution in [3.63, 3.8) is 0 Å². The van der Waals surface area contributed by atoms with Crippen LogP contribution in [-0.2, 0) is 10.4 Å². The molecule has 0 aliphatic rings. The van der Waals surface area contributed by atoms with E-state index < -0.39 is 26.1 Å². The molecule has 0 aliphatic heterocycles. The van der Waals surface area contributed by atoms with Gasteiger partial charge in [0.15, 0.2) is 0 Å². The molecule has 0 saturated heterocycles. The van der Waals surface area contributed by atoms with E-state index in [0.717, 1.165) is 0 Å². The third-order valence-corrected chi connectivity index (χ3v) is 0. The van der Waals surface area contributed by atoms with Gasteiger partial charge in [-0.15, -0.1) is 0 Å². The number of rotatable bonds is 0. The van der Waals surface area contributed by atoms with E-state index in [1.807, 2.05) is 0 Å². The molecule has 0 unspecified atom stereocenters. The Morgan fingerprint density at radius 2 is 1.00 bits per heavy atom. The first-order valence-electron chi connectivity index (χ1n) is 1.30. The molecule has 9 heavy (non-hydrogen) atoms. The maximum absolute atomic E-state index is 8.74. The Bertz CT molecular complexity index is 120. The zero-order valence-electron chi connectivity index (χ0n) is 3.91. The van der Waals surface area contributed by atoms with Crippen LogP contribution < -0.4 is 0 Å². The Morgan fingerprint density at radius 1 is 1.00 bits per heavy atom. The van der Waals surface area contributed by atoms with Crippen LogP contribution in [0.3, 0.4) is 0 Å². The van der Waals surface area contributed by atoms with Crippen molar-refractivity contribution >= 4 is 26.1 Å². The van der Waals surface area contributed by atoms with Gasteiger partial charge in [-0.05, 0) is 0 Å². The average molecular weight is 224 g/mol. The van der Waals surface area contributed by atoms with Crippen molar-refractivity contribution in [3.8, 4) is 0 Å². The Kier molecular flexibility index (Phi) is 6.85. The van der Waals surface area contributed by atoms with Crippen LogP contribution in [0.25, 0.3) is 0 Å². The summed E-state index contributed by atoms with van der Waals surface area (Å²) >= 11 is -3.19. The van der Waals surface area contributed by atoms with Crippen molar-refractivity contribution in [1.29, 1.82) is 0 Å². The Labute approximate surface area is 56.5 Å². The van der Waals surface area contributed by atoms with Gasteiger partial charge in [0.1, 0.15) is 0 Å². The molecule has 58 valence electrons. The maximum atomic E-state index is 8.74. The summed E-state index contributed by atoms with van der Waals surface area (Å²) in [4.78, 5) is 0. The molecule has 7 nitrogen and oxygen atoms in total. The standard InChI is InChI=1S/AsH3O3.H2O4S/c2-1(3)4;1-5(2,3)4/h2-4H;(H2,1,2,3,4).